The van der Waals surface area contributed by atoms with Crippen molar-refractivity contribution in [2.45, 2.75) is 6.61 Å². The van der Waals surface area contributed by atoms with E-state index in [-0.39, 0.29) is 17.4 Å². The molecule has 2 N–H and O–H groups in total. The summed E-state index contributed by atoms with van der Waals surface area (Å²) >= 11 is 8.21. The first-order valence-corrected chi connectivity index (χ1v) is 7.25. The molecule has 0 saturated carbocycles. The first-order valence-electron chi connectivity index (χ1n) is 6.05. The molecule has 0 fully saturated rings. The van der Waals surface area contributed by atoms with Gasteiger partial charge < -0.3 is 15.2 Å². The predicted molar refractivity (Wildman–Crippen MR) is 87.3 cm³/mol. The Bertz CT molecular complexity index is 658. The topological polar surface area (TPSA) is 44.5 Å². The molecule has 0 radical (unpaired) electrons. The lowest BCUT2D eigenvalue weighted by atomic mass is 10.1. The van der Waals surface area contributed by atoms with E-state index >= 15 is 0 Å². The summed E-state index contributed by atoms with van der Waals surface area (Å²) in [5, 5.41) is 0. The van der Waals surface area contributed by atoms with E-state index in [0.29, 0.717) is 21.5 Å². The highest BCUT2D eigenvalue weighted by Gasteiger charge is 2.08. The first kappa shape index (κ1) is 15.7. The number of benzene rings is 2. The number of rotatable bonds is 5. The van der Waals surface area contributed by atoms with Crippen molar-refractivity contribution in [1.29, 1.82) is 0 Å². The second-order valence-electron chi connectivity index (χ2n) is 4.29. The van der Waals surface area contributed by atoms with Crippen LogP contribution < -0.4 is 15.2 Å². The largest absolute Gasteiger partial charge is 0.496 e. The Morgan fingerprint density at radius 3 is 2.67 bits per heavy atom. The summed E-state index contributed by atoms with van der Waals surface area (Å²) in [4.78, 5) is 0.252. The summed E-state index contributed by atoms with van der Waals surface area (Å²) in [7, 11) is 1.55. The minimum atomic E-state index is -0.363. The molecule has 0 spiro atoms. The Balaban J connectivity index is 2.16. The van der Waals surface area contributed by atoms with Gasteiger partial charge in [0.25, 0.3) is 0 Å². The zero-order valence-corrected chi connectivity index (χ0v) is 13.6. The molecular formula is C15H13BrFNO2S. The number of hydrogen-bond donors (Lipinski definition) is 1. The fourth-order valence-electron chi connectivity index (χ4n) is 1.82. The number of methoxy groups -OCH3 is 1. The summed E-state index contributed by atoms with van der Waals surface area (Å²) in [5.41, 5.74) is 7.17. The molecule has 0 heterocycles. The van der Waals surface area contributed by atoms with Crippen LogP contribution in [0.2, 0.25) is 0 Å². The summed E-state index contributed by atoms with van der Waals surface area (Å²) in [5.74, 6) is 0.687. The molecule has 3 nitrogen and oxygen atoms in total. The maximum atomic E-state index is 13.3. The normalized spacial score (nSPS) is 10.2. The van der Waals surface area contributed by atoms with E-state index < -0.39 is 0 Å². The van der Waals surface area contributed by atoms with Crippen LogP contribution in [0.25, 0.3) is 0 Å². The predicted octanol–water partition coefficient (Wildman–Crippen LogP) is 3.81. The van der Waals surface area contributed by atoms with Gasteiger partial charge in [-0.15, -0.1) is 0 Å². The summed E-state index contributed by atoms with van der Waals surface area (Å²) < 4.78 is 24.6. The highest BCUT2D eigenvalue weighted by atomic mass is 79.9. The van der Waals surface area contributed by atoms with Crippen LogP contribution in [0, 0.1) is 5.82 Å². The van der Waals surface area contributed by atoms with Gasteiger partial charge in [0, 0.05) is 10.5 Å². The van der Waals surface area contributed by atoms with Gasteiger partial charge in [-0.2, -0.15) is 0 Å². The van der Waals surface area contributed by atoms with Gasteiger partial charge in [-0.1, -0.05) is 34.2 Å². The molecule has 0 atom stereocenters. The van der Waals surface area contributed by atoms with Crippen molar-refractivity contribution in [3.63, 3.8) is 0 Å². The Morgan fingerprint density at radius 2 is 2.05 bits per heavy atom. The van der Waals surface area contributed by atoms with E-state index in [4.69, 9.17) is 27.4 Å². The van der Waals surface area contributed by atoms with Crippen LogP contribution in [0.4, 0.5) is 4.39 Å². The quantitative estimate of drug-likeness (QED) is 0.813. The minimum Gasteiger partial charge on any atom is -0.496 e. The van der Waals surface area contributed by atoms with Gasteiger partial charge in [0.1, 0.15) is 28.9 Å². The highest BCUT2D eigenvalue weighted by Crippen LogP contribution is 2.23. The number of ether oxygens (including phenoxy) is 2. The molecule has 0 aromatic heterocycles. The molecular weight excluding hydrogens is 357 g/mol. The number of halogens is 2. The minimum absolute atomic E-state index is 0.252. The second kappa shape index (κ2) is 6.87. The van der Waals surface area contributed by atoms with E-state index in [2.05, 4.69) is 15.9 Å². The zero-order valence-electron chi connectivity index (χ0n) is 11.2. The van der Waals surface area contributed by atoms with Gasteiger partial charge in [0.05, 0.1) is 12.7 Å². The molecule has 2 aromatic carbocycles. The van der Waals surface area contributed by atoms with Gasteiger partial charge in [0.15, 0.2) is 0 Å². The number of thiocarbonyl (C=S) groups is 1. The standard InChI is InChI=1S/C15H13BrFNO2S/c1-19-14-3-2-9(4-13(14)15(18)21)8-20-12-6-10(16)5-11(17)7-12/h2-7H,8H2,1H3,(H2,18,21). The maximum Gasteiger partial charge on any atom is 0.129 e. The monoisotopic (exact) mass is 369 g/mol. The maximum absolute atomic E-state index is 13.3. The lowest BCUT2D eigenvalue weighted by molar-refractivity contribution is 0.304. The third-order valence-corrected chi connectivity index (χ3v) is 3.45. The van der Waals surface area contributed by atoms with Gasteiger partial charge in [-0.05, 0) is 29.8 Å². The van der Waals surface area contributed by atoms with Gasteiger partial charge in [-0.25, -0.2) is 4.39 Å². The smallest absolute Gasteiger partial charge is 0.129 e. The van der Waals surface area contributed by atoms with Crippen LogP contribution in [0.5, 0.6) is 11.5 Å². The third-order valence-electron chi connectivity index (χ3n) is 2.77. The molecule has 0 aliphatic heterocycles. The average Bonchev–Trinajstić information content (AvgIpc) is 2.43. The average molecular weight is 370 g/mol. The van der Waals surface area contributed by atoms with Crippen molar-refractivity contribution >= 4 is 33.1 Å². The van der Waals surface area contributed by atoms with Crippen LogP contribution in [0.1, 0.15) is 11.1 Å². The van der Waals surface area contributed by atoms with Crippen LogP contribution in [0.15, 0.2) is 40.9 Å². The van der Waals surface area contributed by atoms with E-state index in [1.54, 1.807) is 25.3 Å². The van der Waals surface area contributed by atoms with Crippen LogP contribution >= 0.6 is 28.1 Å². The van der Waals surface area contributed by atoms with Gasteiger partial charge in [-0.3, -0.25) is 0 Å². The van der Waals surface area contributed by atoms with Crippen LogP contribution in [-0.2, 0) is 6.61 Å². The van der Waals surface area contributed by atoms with Crippen molar-refractivity contribution in [2.24, 2.45) is 5.73 Å². The lowest BCUT2D eigenvalue weighted by Gasteiger charge is -2.11. The van der Waals surface area contributed by atoms with Crippen molar-refractivity contribution in [3.05, 3.63) is 57.8 Å². The molecule has 2 rings (SSSR count). The third kappa shape index (κ3) is 4.15. The van der Waals surface area contributed by atoms with Crippen molar-refractivity contribution < 1.29 is 13.9 Å². The molecule has 110 valence electrons. The fourth-order valence-corrected chi connectivity index (χ4v) is 2.42. The van der Waals surface area contributed by atoms with E-state index in [1.165, 1.54) is 12.1 Å². The van der Waals surface area contributed by atoms with E-state index in [0.717, 1.165) is 5.56 Å². The molecule has 0 amide bonds. The number of hydrogen-bond acceptors (Lipinski definition) is 3. The highest BCUT2D eigenvalue weighted by molar-refractivity contribution is 9.10. The van der Waals surface area contributed by atoms with Gasteiger partial charge in [0.2, 0.25) is 0 Å². The Morgan fingerprint density at radius 1 is 1.29 bits per heavy atom. The SMILES string of the molecule is COc1ccc(COc2cc(F)cc(Br)c2)cc1C(N)=S. The summed E-state index contributed by atoms with van der Waals surface area (Å²) in [6.07, 6.45) is 0. The molecule has 0 aliphatic rings. The molecule has 0 aliphatic carbocycles. The number of nitrogens with two attached hydrogens (primary N) is 1. The lowest BCUT2D eigenvalue weighted by Crippen LogP contribution is -2.12. The molecule has 0 bridgehead atoms. The summed E-state index contributed by atoms with van der Waals surface area (Å²) in [6.45, 7) is 0.273. The molecule has 0 unspecified atom stereocenters. The molecule has 2 aromatic rings. The van der Waals surface area contributed by atoms with Crippen molar-refractivity contribution in [2.75, 3.05) is 7.11 Å². The Kier molecular flexibility index (Phi) is 5.14. The molecule has 0 saturated heterocycles. The van der Waals surface area contributed by atoms with E-state index in [9.17, 15) is 4.39 Å². The zero-order chi connectivity index (χ0) is 15.4. The van der Waals surface area contributed by atoms with Crippen LogP contribution in [-0.4, -0.2) is 12.1 Å². The fraction of sp³-hybridized carbons (Fsp3) is 0.133. The van der Waals surface area contributed by atoms with Gasteiger partial charge >= 0.3 is 0 Å². The van der Waals surface area contributed by atoms with Crippen LogP contribution in [0.3, 0.4) is 0 Å². The Labute approximate surface area is 136 Å². The van der Waals surface area contributed by atoms with Crippen molar-refractivity contribution in [3.8, 4) is 11.5 Å². The molecule has 21 heavy (non-hydrogen) atoms. The van der Waals surface area contributed by atoms with E-state index in [1.807, 2.05) is 6.07 Å². The molecule has 6 heteroatoms. The first-order chi connectivity index (χ1) is 9.99. The Hall–Kier alpha value is -1.66. The van der Waals surface area contributed by atoms with Crippen molar-refractivity contribution in [1.82, 2.24) is 0 Å². The second-order valence-corrected chi connectivity index (χ2v) is 5.65. The summed E-state index contributed by atoms with van der Waals surface area (Å²) in [6, 6.07) is 9.80.